The first kappa shape index (κ1) is 16.4. The van der Waals surface area contributed by atoms with E-state index in [1.54, 1.807) is 5.56 Å². The van der Waals surface area contributed by atoms with Crippen LogP contribution in [-0.4, -0.2) is 31.1 Å². The van der Waals surface area contributed by atoms with Crippen molar-refractivity contribution in [3.63, 3.8) is 0 Å². The summed E-state index contributed by atoms with van der Waals surface area (Å²) in [5, 5.41) is 0. The summed E-state index contributed by atoms with van der Waals surface area (Å²) in [6, 6.07) is 7.47. The highest BCUT2D eigenvalue weighted by molar-refractivity contribution is 5.45. The number of rotatable bonds is 5. The quantitative estimate of drug-likeness (QED) is 0.740. The molecule has 1 aromatic carbocycles. The van der Waals surface area contributed by atoms with Crippen LogP contribution in [0, 0.1) is 5.92 Å². The maximum absolute atomic E-state index is 5.61. The normalized spacial score (nSPS) is 27.7. The Kier molecular flexibility index (Phi) is 5.12. The lowest BCUT2D eigenvalue weighted by atomic mass is 9.79. The van der Waals surface area contributed by atoms with E-state index in [4.69, 9.17) is 4.74 Å². The van der Waals surface area contributed by atoms with Gasteiger partial charge in [-0.3, -0.25) is 4.90 Å². The van der Waals surface area contributed by atoms with Crippen molar-refractivity contribution in [1.82, 2.24) is 4.90 Å². The first-order valence-electron chi connectivity index (χ1n) is 10.3. The van der Waals surface area contributed by atoms with Crippen LogP contribution in [0.2, 0.25) is 0 Å². The largest absolute Gasteiger partial charge is 0.496 e. The second-order valence-corrected chi connectivity index (χ2v) is 8.21. The molecule has 2 aliphatic carbocycles. The van der Waals surface area contributed by atoms with Crippen LogP contribution < -0.4 is 4.74 Å². The molecule has 1 aromatic rings. The van der Waals surface area contributed by atoms with Gasteiger partial charge in [0.1, 0.15) is 5.75 Å². The summed E-state index contributed by atoms with van der Waals surface area (Å²) in [5.74, 6) is 2.90. The molecule has 24 heavy (non-hydrogen) atoms. The Bertz CT molecular complexity index is 549. The Hall–Kier alpha value is -1.02. The number of methoxy groups -OCH3 is 1. The van der Waals surface area contributed by atoms with Gasteiger partial charge < -0.3 is 4.74 Å². The average molecular weight is 328 g/mol. The molecule has 0 aromatic heterocycles. The molecule has 2 nitrogen and oxygen atoms in total. The third-order valence-corrected chi connectivity index (χ3v) is 6.92. The van der Waals surface area contributed by atoms with E-state index in [2.05, 4.69) is 23.1 Å². The van der Waals surface area contributed by atoms with Crippen molar-refractivity contribution >= 4 is 0 Å². The monoisotopic (exact) mass is 327 g/mol. The van der Waals surface area contributed by atoms with E-state index in [1.165, 1.54) is 82.9 Å². The Morgan fingerprint density at radius 2 is 1.96 bits per heavy atom. The van der Waals surface area contributed by atoms with E-state index in [0.29, 0.717) is 0 Å². The Morgan fingerprint density at radius 1 is 1.08 bits per heavy atom. The number of ether oxygens (including phenoxy) is 1. The van der Waals surface area contributed by atoms with Gasteiger partial charge in [0, 0.05) is 12.0 Å². The lowest BCUT2D eigenvalue weighted by Gasteiger charge is -2.34. The predicted octanol–water partition coefficient (Wildman–Crippen LogP) is 5.16. The third-order valence-electron chi connectivity index (χ3n) is 6.92. The molecule has 0 spiro atoms. The summed E-state index contributed by atoms with van der Waals surface area (Å²) >= 11 is 0. The lowest BCUT2D eigenvalue weighted by Crippen LogP contribution is -2.36. The molecule has 1 heterocycles. The minimum atomic E-state index is 0.749. The summed E-state index contributed by atoms with van der Waals surface area (Å²) < 4.78 is 5.61. The smallest absolute Gasteiger partial charge is 0.122 e. The van der Waals surface area contributed by atoms with Crippen LogP contribution in [-0.2, 0) is 6.42 Å². The van der Waals surface area contributed by atoms with Crippen molar-refractivity contribution in [3.05, 3.63) is 29.3 Å². The molecule has 0 radical (unpaired) electrons. The average Bonchev–Trinajstić information content (AvgIpc) is 3.05. The number of nitrogens with zero attached hydrogens (tertiary/aromatic N) is 1. The number of hydrogen-bond donors (Lipinski definition) is 0. The van der Waals surface area contributed by atoms with Crippen molar-refractivity contribution < 1.29 is 4.74 Å². The Morgan fingerprint density at radius 3 is 2.79 bits per heavy atom. The summed E-state index contributed by atoms with van der Waals surface area (Å²) in [6.07, 6.45) is 14.2. The summed E-state index contributed by atoms with van der Waals surface area (Å²) in [5.41, 5.74) is 3.07. The second kappa shape index (κ2) is 7.47. The minimum Gasteiger partial charge on any atom is -0.496 e. The van der Waals surface area contributed by atoms with Crippen molar-refractivity contribution in [2.75, 3.05) is 20.2 Å². The molecule has 2 fully saturated rings. The van der Waals surface area contributed by atoms with E-state index in [-0.39, 0.29) is 0 Å². The van der Waals surface area contributed by atoms with Crippen LogP contribution in [0.1, 0.15) is 74.8 Å². The zero-order valence-corrected chi connectivity index (χ0v) is 15.3. The molecule has 0 bridgehead atoms. The van der Waals surface area contributed by atoms with E-state index in [0.717, 1.165) is 23.6 Å². The molecule has 0 N–H and O–H groups in total. The van der Waals surface area contributed by atoms with Gasteiger partial charge in [0.25, 0.3) is 0 Å². The molecule has 2 heteroatoms. The molecule has 1 saturated carbocycles. The highest BCUT2D eigenvalue weighted by Gasteiger charge is 2.39. The number of likely N-dealkylation sites (tertiary alicyclic amines) is 1. The van der Waals surface area contributed by atoms with Gasteiger partial charge >= 0.3 is 0 Å². The van der Waals surface area contributed by atoms with E-state index in [1.807, 2.05) is 7.11 Å². The highest BCUT2D eigenvalue weighted by atomic mass is 16.5. The number of benzene rings is 1. The molecule has 1 aliphatic heterocycles. The zero-order chi connectivity index (χ0) is 16.4. The van der Waals surface area contributed by atoms with Gasteiger partial charge in [-0.1, -0.05) is 44.2 Å². The maximum Gasteiger partial charge on any atom is 0.122 e. The summed E-state index contributed by atoms with van der Waals surface area (Å²) in [7, 11) is 1.81. The topological polar surface area (TPSA) is 12.5 Å². The lowest BCUT2D eigenvalue weighted by molar-refractivity contribution is 0.212. The molecule has 0 amide bonds. The predicted molar refractivity (Wildman–Crippen MR) is 99.8 cm³/mol. The van der Waals surface area contributed by atoms with Gasteiger partial charge in [-0.15, -0.1) is 0 Å². The summed E-state index contributed by atoms with van der Waals surface area (Å²) in [6.45, 7) is 2.63. The first-order valence-corrected chi connectivity index (χ1v) is 10.3. The fourth-order valence-electron chi connectivity index (χ4n) is 5.68. The van der Waals surface area contributed by atoms with Crippen molar-refractivity contribution in [2.45, 2.75) is 76.2 Å². The zero-order valence-electron chi connectivity index (χ0n) is 15.3. The Labute approximate surface area is 147 Å². The molecule has 4 rings (SSSR count). The van der Waals surface area contributed by atoms with E-state index < -0.39 is 0 Å². The first-order chi connectivity index (χ1) is 11.9. The Balaban J connectivity index is 1.35. The number of fused-ring (bicyclic) bond motifs is 3. The second-order valence-electron chi connectivity index (χ2n) is 8.21. The van der Waals surface area contributed by atoms with Crippen LogP contribution in [0.4, 0.5) is 0 Å². The third kappa shape index (κ3) is 3.22. The molecule has 1 saturated heterocycles. The molecular weight excluding hydrogens is 294 g/mol. The van der Waals surface area contributed by atoms with Crippen LogP contribution in [0.5, 0.6) is 5.75 Å². The molecule has 3 aliphatic rings. The van der Waals surface area contributed by atoms with Gasteiger partial charge in [0.2, 0.25) is 0 Å². The minimum absolute atomic E-state index is 0.749. The van der Waals surface area contributed by atoms with Gasteiger partial charge in [0.15, 0.2) is 0 Å². The fourth-order valence-corrected chi connectivity index (χ4v) is 5.68. The van der Waals surface area contributed by atoms with Crippen molar-refractivity contribution in [2.24, 2.45) is 5.92 Å². The standard InChI is InChI=1S/C22H33NO/c1-24-22-11-5-10-18-19-14-16-23(21(19)13-12-20(18)22)15-6-9-17-7-3-2-4-8-17/h5,10-11,17,19,21H,2-4,6-9,12-16H2,1H3/t19-,21+/m1/s1. The van der Waals surface area contributed by atoms with E-state index >= 15 is 0 Å². The van der Waals surface area contributed by atoms with Gasteiger partial charge in [-0.25, -0.2) is 0 Å². The van der Waals surface area contributed by atoms with Crippen molar-refractivity contribution in [1.29, 1.82) is 0 Å². The molecule has 2 atom stereocenters. The van der Waals surface area contributed by atoms with Crippen LogP contribution in [0.25, 0.3) is 0 Å². The van der Waals surface area contributed by atoms with E-state index in [9.17, 15) is 0 Å². The van der Waals surface area contributed by atoms with Gasteiger partial charge in [-0.05, 0) is 68.3 Å². The highest BCUT2D eigenvalue weighted by Crippen LogP contribution is 2.44. The fraction of sp³-hybridized carbons (Fsp3) is 0.727. The molecule has 132 valence electrons. The molecule has 0 unspecified atom stereocenters. The van der Waals surface area contributed by atoms with Crippen LogP contribution >= 0.6 is 0 Å². The molecular formula is C22H33NO. The van der Waals surface area contributed by atoms with Gasteiger partial charge in [0.05, 0.1) is 7.11 Å². The SMILES string of the molecule is COc1cccc2c1CC[C@H]1[C@@H]2CCN1CCCC1CCCCC1. The number of hydrogen-bond acceptors (Lipinski definition) is 2. The maximum atomic E-state index is 5.61. The van der Waals surface area contributed by atoms with Gasteiger partial charge in [-0.2, -0.15) is 0 Å². The van der Waals surface area contributed by atoms with Crippen molar-refractivity contribution in [3.8, 4) is 5.75 Å². The van der Waals surface area contributed by atoms with Crippen LogP contribution in [0.15, 0.2) is 18.2 Å². The summed E-state index contributed by atoms with van der Waals surface area (Å²) in [4.78, 5) is 2.82. The van der Waals surface area contributed by atoms with Crippen LogP contribution in [0.3, 0.4) is 0 Å².